The van der Waals surface area contributed by atoms with Crippen LogP contribution in [0, 0.1) is 29.8 Å². The molecular weight excluding hydrogens is 325 g/mol. The normalized spacial score (nSPS) is 10.7. The number of aryl methyl sites for hydroxylation is 2. The SMILES string of the molecule is Cc1ccc2nc(C)c(C(=O)Nc3cc([N+](=O)[O-])ccc3F)cc2c1. The summed E-state index contributed by atoms with van der Waals surface area (Å²) >= 11 is 0. The van der Waals surface area contributed by atoms with Crippen molar-refractivity contribution < 1.29 is 14.1 Å². The highest BCUT2D eigenvalue weighted by Crippen LogP contribution is 2.23. The molecule has 0 aliphatic carbocycles. The van der Waals surface area contributed by atoms with E-state index >= 15 is 0 Å². The first-order valence-electron chi connectivity index (χ1n) is 7.48. The van der Waals surface area contributed by atoms with E-state index < -0.39 is 16.6 Å². The zero-order chi connectivity index (χ0) is 18.1. The zero-order valence-electron chi connectivity index (χ0n) is 13.5. The number of hydrogen-bond acceptors (Lipinski definition) is 4. The first-order valence-corrected chi connectivity index (χ1v) is 7.48. The van der Waals surface area contributed by atoms with Gasteiger partial charge in [-0.3, -0.25) is 19.9 Å². The topological polar surface area (TPSA) is 85.1 Å². The number of benzene rings is 2. The molecule has 3 rings (SSSR count). The predicted octanol–water partition coefficient (Wildman–Crippen LogP) is 4.15. The monoisotopic (exact) mass is 339 g/mol. The van der Waals surface area contributed by atoms with E-state index in [4.69, 9.17) is 0 Å². The summed E-state index contributed by atoms with van der Waals surface area (Å²) in [6.07, 6.45) is 0. The van der Waals surface area contributed by atoms with Gasteiger partial charge in [0.15, 0.2) is 0 Å². The fourth-order valence-corrected chi connectivity index (χ4v) is 2.53. The van der Waals surface area contributed by atoms with Gasteiger partial charge in [0.2, 0.25) is 0 Å². The van der Waals surface area contributed by atoms with Crippen molar-refractivity contribution in [3.05, 3.63) is 75.2 Å². The number of carbonyl (C=O) groups is 1. The second-order valence-corrected chi connectivity index (χ2v) is 5.69. The number of halogens is 1. The number of hydrogen-bond donors (Lipinski definition) is 1. The van der Waals surface area contributed by atoms with Crippen molar-refractivity contribution in [2.24, 2.45) is 0 Å². The lowest BCUT2D eigenvalue weighted by atomic mass is 10.1. The van der Waals surface area contributed by atoms with E-state index in [2.05, 4.69) is 10.3 Å². The molecule has 25 heavy (non-hydrogen) atoms. The van der Waals surface area contributed by atoms with Gasteiger partial charge in [-0.25, -0.2) is 4.39 Å². The Morgan fingerprint density at radius 1 is 1.16 bits per heavy atom. The van der Waals surface area contributed by atoms with Gasteiger partial charge in [-0.05, 0) is 38.1 Å². The lowest BCUT2D eigenvalue weighted by molar-refractivity contribution is -0.384. The summed E-state index contributed by atoms with van der Waals surface area (Å²) < 4.78 is 13.9. The molecule has 0 aliphatic heterocycles. The van der Waals surface area contributed by atoms with Crippen molar-refractivity contribution in [2.45, 2.75) is 13.8 Å². The summed E-state index contributed by atoms with van der Waals surface area (Å²) in [5.41, 5.74) is 1.99. The van der Waals surface area contributed by atoms with Crippen molar-refractivity contribution in [1.82, 2.24) is 4.98 Å². The second-order valence-electron chi connectivity index (χ2n) is 5.69. The molecule has 0 radical (unpaired) electrons. The summed E-state index contributed by atoms with van der Waals surface area (Å²) in [6.45, 7) is 3.61. The number of nitro benzene ring substituents is 1. The number of carbonyl (C=O) groups excluding carboxylic acids is 1. The van der Waals surface area contributed by atoms with Crippen LogP contribution in [0.1, 0.15) is 21.6 Å². The Hall–Kier alpha value is -3.35. The summed E-state index contributed by atoms with van der Waals surface area (Å²) in [4.78, 5) is 27.1. The Bertz CT molecular complexity index is 1020. The first-order chi connectivity index (χ1) is 11.8. The molecule has 7 heteroatoms. The van der Waals surface area contributed by atoms with E-state index in [0.29, 0.717) is 5.69 Å². The Morgan fingerprint density at radius 3 is 2.64 bits per heavy atom. The van der Waals surface area contributed by atoms with Gasteiger partial charge in [0, 0.05) is 17.5 Å². The number of nitro groups is 1. The highest BCUT2D eigenvalue weighted by Gasteiger charge is 2.16. The van der Waals surface area contributed by atoms with Gasteiger partial charge in [-0.15, -0.1) is 0 Å². The van der Waals surface area contributed by atoms with Crippen LogP contribution in [0.2, 0.25) is 0 Å². The number of anilines is 1. The van der Waals surface area contributed by atoms with E-state index in [0.717, 1.165) is 34.7 Å². The lowest BCUT2D eigenvalue weighted by Gasteiger charge is -2.10. The van der Waals surface area contributed by atoms with Crippen LogP contribution in [0.3, 0.4) is 0 Å². The highest BCUT2D eigenvalue weighted by molar-refractivity contribution is 6.07. The molecule has 0 saturated heterocycles. The van der Waals surface area contributed by atoms with Gasteiger partial charge in [-0.2, -0.15) is 0 Å². The van der Waals surface area contributed by atoms with Crippen LogP contribution >= 0.6 is 0 Å². The van der Waals surface area contributed by atoms with Crippen LogP contribution in [0.5, 0.6) is 0 Å². The standard InChI is InChI=1S/C18H14FN3O3/c1-10-3-6-16-12(7-10)8-14(11(2)20-16)18(23)21-17-9-13(22(24)25)4-5-15(17)19/h3-9H,1-2H3,(H,21,23). The van der Waals surface area contributed by atoms with Crippen LogP contribution in [-0.2, 0) is 0 Å². The Kier molecular flexibility index (Phi) is 4.14. The zero-order valence-corrected chi connectivity index (χ0v) is 13.5. The molecule has 0 fully saturated rings. The first kappa shape index (κ1) is 16.5. The summed E-state index contributed by atoms with van der Waals surface area (Å²) in [6, 6.07) is 10.3. The fourth-order valence-electron chi connectivity index (χ4n) is 2.53. The third-order valence-electron chi connectivity index (χ3n) is 3.81. The van der Waals surface area contributed by atoms with Crippen molar-refractivity contribution >= 4 is 28.2 Å². The van der Waals surface area contributed by atoms with E-state index in [1.807, 2.05) is 25.1 Å². The average molecular weight is 339 g/mol. The van der Waals surface area contributed by atoms with Gasteiger partial charge in [0.05, 0.1) is 27.4 Å². The van der Waals surface area contributed by atoms with Crippen molar-refractivity contribution in [2.75, 3.05) is 5.32 Å². The van der Waals surface area contributed by atoms with Crippen LogP contribution in [0.25, 0.3) is 10.9 Å². The molecule has 1 amide bonds. The third-order valence-corrected chi connectivity index (χ3v) is 3.81. The lowest BCUT2D eigenvalue weighted by Crippen LogP contribution is -2.15. The summed E-state index contributed by atoms with van der Waals surface area (Å²) in [5.74, 6) is -1.33. The molecule has 1 N–H and O–H groups in total. The minimum atomic E-state index is -0.749. The van der Waals surface area contributed by atoms with Crippen molar-refractivity contribution in [3.8, 4) is 0 Å². The fraction of sp³-hybridized carbons (Fsp3) is 0.111. The maximum atomic E-state index is 13.9. The minimum Gasteiger partial charge on any atom is -0.319 e. The van der Waals surface area contributed by atoms with E-state index in [-0.39, 0.29) is 16.9 Å². The molecule has 0 aliphatic rings. The average Bonchev–Trinajstić information content (AvgIpc) is 2.56. The number of nitrogens with zero attached hydrogens (tertiary/aromatic N) is 2. The molecule has 0 unspecified atom stereocenters. The number of aromatic nitrogens is 1. The molecule has 0 bridgehead atoms. The predicted molar refractivity (Wildman–Crippen MR) is 92.2 cm³/mol. The number of non-ortho nitro benzene ring substituents is 1. The molecule has 2 aromatic carbocycles. The maximum absolute atomic E-state index is 13.9. The van der Waals surface area contributed by atoms with Crippen molar-refractivity contribution in [1.29, 1.82) is 0 Å². The number of nitrogens with one attached hydrogen (secondary N) is 1. The molecular formula is C18H14FN3O3. The Balaban J connectivity index is 1.99. The third kappa shape index (κ3) is 3.30. The molecule has 1 heterocycles. The molecule has 1 aromatic heterocycles. The molecule has 0 spiro atoms. The Labute approximate surface area is 142 Å². The number of fused-ring (bicyclic) bond motifs is 1. The summed E-state index contributed by atoms with van der Waals surface area (Å²) in [5, 5.41) is 14.0. The Morgan fingerprint density at radius 2 is 1.92 bits per heavy atom. The quantitative estimate of drug-likeness (QED) is 0.574. The number of rotatable bonds is 3. The van der Waals surface area contributed by atoms with Gasteiger partial charge in [-0.1, -0.05) is 11.6 Å². The largest absolute Gasteiger partial charge is 0.319 e. The minimum absolute atomic E-state index is 0.247. The molecule has 0 atom stereocenters. The van der Waals surface area contributed by atoms with Gasteiger partial charge < -0.3 is 5.32 Å². The van der Waals surface area contributed by atoms with Crippen LogP contribution in [0.4, 0.5) is 15.8 Å². The number of amides is 1. The van der Waals surface area contributed by atoms with Gasteiger partial charge in [0.25, 0.3) is 11.6 Å². The van der Waals surface area contributed by atoms with Crippen LogP contribution in [-0.4, -0.2) is 15.8 Å². The summed E-state index contributed by atoms with van der Waals surface area (Å²) in [7, 11) is 0. The second kappa shape index (κ2) is 6.27. The van der Waals surface area contributed by atoms with Crippen molar-refractivity contribution in [3.63, 3.8) is 0 Å². The van der Waals surface area contributed by atoms with E-state index in [1.54, 1.807) is 13.0 Å². The van der Waals surface area contributed by atoms with Crippen LogP contribution < -0.4 is 5.32 Å². The van der Waals surface area contributed by atoms with E-state index in [9.17, 15) is 19.3 Å². The smallest absolute Gasteiger partial charge is 0.271 e. The van der Waals surface area contributed by atoms with Gasteiger partial charge >= 0.3 is 0 Å². The van der Waals surface area contributed by atoms with E-state index in [1.165, 1.54) is 0 Å². The van der Waals surface area contributed by atoms with Crippen LogP contribution in [0.15, 0.2) is 42.5 Å². The molecule has 3 aromatic rings. The van der Waals surface area contributed by atoms with Gasteiger partial charge in [0.1, 0.15) is 5.82 Å². The highest BCUT2D eigenvalue weighted by atomic mass is 19.1. The molecule has 0 saturated carbocycles. The molecule has 126 valence electrons. The molecule has 6 nitrogen and oxygen atoms in total. The maximum Gasteiger partial charge on any atom is 0.271 e. The number of pyridine rings is 1.